The maximum Gasteiger partial charge on any atom is 0.270 e. The van der Waals surface area contributed by atoms with Gasteiger partial charge in [0.25, 0.3) is 11.6 Å². The highest BCUT2D eigenvalue weighted by molar-refractivity contribution is 7.16. The molecular formula is C18H14Cl2N4O3S. The van der Waals surface area contributed by atoms with Crippen LogP contribution < -0.4 is 11.1 Å². The van der Waals surface area contributed by atoms with Crippen LogP contribution in [0.3, 0.4) is 0 Å². The summed E-state index contributed by atoms with van der Waals surface area (Å²) >= 11 is 13.5. The summed E-state index contributed by atoms with van der Waals surface area (Å²) in [5, 5.41) is 14.6. The number of amides is 1. The van der Waals surface area contributed by atoms with Crippen molar-refractivity contribution >= 4 is 51.3 Å². The predicted octanol–water partition coefficient (Wildman–Crippen LogP) is 5.04. The van der Waals surface area contributed by atoms with Gasteiger partial charge in [-0.05, 0) is 24.6 Å². The third-order valence-corrected chi connectivity index (χ3v) is 5.54. The maximum atomic E-state index is 12.5. The third-order valence-electron chi connectivity index (χ3n) is 3.97. The zero-order chi connectivity index (χ0) is 20.4. The van der Waals surface area contributed by atoms with E-state index in [1.807, 2.05) is 19.1 Å². The number of aromatic nitrogens is 1. The minimum Gasteiger partial charge on any atom is -0.326 e. The Morgan fingerprint density at radius 3 is 2.64 bits per heavy atom. The van der Waals surface area contributed by atoms with Crippen molar-refractivity contribution in [3.63, 3.8) is 0 Å². The smallest absolute Gasteiger partial charge is 0.270 e. The molecule has 0 saturated carbocycles. The lowest BCUT2D eigenvalue weighted by molar-refractivity contribution is -0.384. The summed E-state index contributed by atoms with van der Waals surface area (Å²) in [6, 6.07) is 9.14. The van der Waals surface area contributed by atoms with Crippen LogP contribution in [0.1, 0.15) is 20.8 Å². The molecule has 0 aliphatic carbocycles. The number of hydrogen-bond acceptors (Lipinski definition) is 6. The van der Waals surface area contributed by atoms with Crippen molar-refractivity contribution in [2.24, 2.45) is 5.73 Å². The molecule has 0 aliphatic rings. The minimum absolute atomic E-state index is 0.000567. The molecule has 1 aromatic heterocycles. The van der Waals surface area contributed by atoms with E-state index in [1.165, 1.54) is 23.5 Å². The summed E-state index contributed by atoms with van der Waals surface area (Å²) in [7, 11) is 0. The van der Waals surface area contributed by atoms with E-state index in [-0.39, 0.29) is 16.3 Å². The summed E-state index contributed by atoms with van der Waals surface area (Å²) in [6.45, 7) is 2.20. The van der Waals surface area contributed by atoms with Crippen LogP contribution >= 0.6 is 34.5 Å². The molecule has 0 unspecified atom stereocenters. The molecule has 0 spiro atoms. The number of aryl methyl sites for hydroxylation is 1. The Hall–Kier alpha value is -2.52. The normalized spacial score (nSPS) is 10.7. The van der Waals surface area contributed by atoms with Crippen molar-refractivity contribution in [1.82, 2.24) is 4.98 Å². The van der Waals surface area contributed by atoms with Crippen LogP contribution in [0.15, 0.2) is 36.4 Å². The average molecular weight is 437 g/mol. The van der Waals surface area contributed by atoms with Crippen LogP contribution in [0.4, 0.5) is 10.8 Å². The Morgan fingerprint density at radius 2 is 2.00 bits per heavy atom. The number of carbonyl (C=O) groups is 1. The molecule has 1 amide bonds. The number of nitro benzene ring substituents is 1. The lowest BCUT2D eigenvalue weighted by Gasteiger charge is -2.05. The number of nitrogens with zero attached hydrogens (tertiary/aromatic N) is 2. The van der Waals surface area contributed by atoms with E-state index in [0.29, 0.717) is 22.4 Å². The molecule has 144 valence electrons. The number of thiazole rings is 1. The van der Waals surface area contributed by atoms with Crippen molar-refractivity contribution < 1.29 is 9.72 Å². The molecule has 0 bridgehead atoms. The van der Waals surface area contributed by atoms with Crippen LogP contribution in [0.2, 0.25) is 10.0 Å². The first kappa shape index (κ1) is 20.2. The number of non-ortho nitro benzene ring substituents is 1. The van der Waals surface area contributed by atoms with E-state index < -0.39 is 10.8 Å². The first-order valence-corrected chi connectivity index (χ1v) is 9.59. The molecule has 7 nitrogen and oxygen atoms in total. The van der Waals surface area contributed by atoms with Gasteiger partial charge in [0, 0.05) is 34.1 Å². The molecule has 3 N–H and O–H groups in total. The highest BCUT2D eigenvalue weighted by Gasteiger charge is 2.18. The SMILES string of the molecule is Cc1sc(NC(=O)c2cc([N+](=O)[O-])ccc2Cl)nc1-c1ccc(CN)c(Cl)c1. The number of nitrogens with one attached hydrogen (secondary N) is 1. The van der Waals surface area contributed by atoms with Crippen molar-refractivity contribution in [3.8, 4) is 11.3 Å². The quantitative estimate of drug-likeness (QED) is 0.429. The minimum atomic E-state index is -0.590. The Labute approximate surface area is 174 Å². The van der Waals surface area contributed by atoms with E-state index >= 15 is 0 Å². The predicted molar refractivity (Wildman–Crippen MR) is 111 cm³/mol. The lowest BCUT2D eigenvalue weighted by Crippen LogP contribution is -2.12. The van der Waals surface area contributed by atoms with Gasteiger partial charge in [0.05, 0.1) is 21.2 Å². The highest BCUT2D eigenvalue weighted by Crippen LogP contribution is 2.33. The molecule has 1 heterocycles. The second-order valence-corrected chi connectivity index (χ2v) is 7.83. The van der Waals surface area contributed by atoms with Gasteiger partial charge in [0.15, 0.2) is 5.13 Å². The standard InChI is InChI=1S/C18H14Cl2N4O3S/c1-9-16(10-2-3-11(8-21)15(20)6-10)22-18(28-9)23-17(25)13-7-12(24(26)27)4-5-14(13)19/h2-7H,8,21H2,1H3,(H,22,23,25). The molecule has 10 heteroatoms. The molecular weight excluding hydrogens is 423 g/mol. The van der Waals surface area contributed by atoms with E-state index in [1.54, 1.807) is 6.07 Å². The molecule has 2 aromatic carbocycles. The van der Waals surface area contributed by atoms with Crippen LogP contribution in [-0.4, -0.2) is 15.8 Å². The van der Waals surface area contributed by atoms with Gasteiger partial charge in [-0.15, -0.1) is 11.3 Å². The van der Waals surface area contributed by atoms with Gasteiger partial charge in [-0.25, -0.2) is 4.98 Å². The number of anilines is 1. The largest absolute Gasteiger partial charge is 0.326 e. The van der Waals surface area contributed by atoms with Crippen molar-refractivity contribution in [1.29, 1.82) is 0 Å². The molecule has 0 radical (unpaired) electrons. The van der Waals surface area contributed by atoms with Gasteiger partial charge in [-0.3, -0.25) is 20.2 Å². The Morgan fingerprint density at radius 1 is 1.25 bits per heavy atom. The average Bonchev–Trinajstić information content (AvgIpc) is 3.01. The fourth-order valence-corrected chi connectivity index (χ4v) is 3.84. The number of halogens is 2. The van der Waals surface area contributed by atoms with Gasteiger partial charge in [0.2, 0.25) is 0 Å². The summed E-state index contributed by atoms with van der Waals surface area (Å²) in [5.41, 5.74) is 7.70. The van der Waals surface area contributed by atoms with E-state index in [0.717, 1.165) is 22.1 Å². The van der Waals surface area contributed by atoms with Crippen molar-refractivity contribution in [3.05, 3.63) is 72.6 Å². The molecule has 0 fully saturated rings. The Kier molecular flexibility index (Phi) is 5.95. The zero-order valence-electron chi connectivity index (χ0n) is 14.5. The molecule has 28 heavy (non-hydrogen) atoms. The maximum absolute atomic E-state index is 12.5. The first-order chi connectivity index (χ1) is 13.3. The van der Waals surface area contributed by atoms with E-state index in [9.17, 15) is 14.9 Å². The van der Waals surface area contributed by atoms with Gasteiger partial charge in [0.1, 0.15) is 0 Å². The zero-order valence-corrected chi connectivity index (χ0v) is 16.9. The summed E-state index contributed by atoms with van der Waals surface area (Å²) in [6.07, 6.45) is 0. The number of hydrogen-bond donors (Lipinski definition) is 2. The highest BCUT2D eigenvalue weighted by atomic mass is 35.5. The number of benzene rings is 2. The number of nitrogens with two attached hydrogens (primary N) is 1. The number of nitro groups is 1. The molecule has 0 saturated heterocycles. The van der Waals surface area contributed by atoms with Gasteiger partial charge in [-0.2, -0.15) is 0 Å². The monoisotopic (exact) mass is 436 g/mol. The first-order valence-electron chi connectivity index (χ1n) is 8.01. The van der Waals surface area contributed by atoms with Gasteiger partial charge in [-0.1, -0.05) is 35.3 Å². The Bertz CT molecular complexity index is 1080. The summed E-state index contributed by atoms with van der Waals surface area (Å²) in [5.74, 6) is -0.578. The number of carbonyl (C=O) groups excluding carboxylic acids is 1. The van der Waals surface area contributed by atoms with Crippen LogP contribution in [0.5, 0.6) is 0 Å². The van der Waals surface area contributed by atoms with Crippen LogP contribution in [0, 0.1) is 17.0 Å². The molecule has 0 atom stereocenters. The van der Waals surface area contributed by atoms with Crippen molar-refractivity contribution in [2.45, 2.75) is 13.5 Å². The van der Waals surface area contributed by atoms with Crippen LogP contribution in [-0.2, 0) is 6.54 Å². The second-order valence-electron chi connectivity index (χ2n) is 5.81. The summed E-state index contributed by atoms with van der Waals surface area (Å²) in [4.78, 5) is 28.2. The fraction of sp³-hybridized carbons (Fsp3) is 0.111. The van der Waals surface area contributed by atoms with E-state index in [4.69, 9.17) is 28.9 Å². The molecule has 0 aliphatic heterocycles. The second kappa shape index (κ2) is 8.24. The number of rotatable bonds is 5. The van der Waals surface area contributed by atoms with Crippen LogP contribution in [0.25, 0.3) is 11.3 Å². The Balaban J connectivity index is 1.88. The summed E-state index contributed by atoms with van der Waals surface area (Å²) < 4.78 is 0. The molecule has 3 rings (SSSR count). The third kappa shape index (κ3) is 4.15. The van der Waals surface area contributed by atoms with E-state index in [2.05, 4.69) is 10.3 Å². The lowest BCUT2D eigenvalue weighted by atomic mass is 10.1. The van der Waals surface area contributed by atoms with Gasteiger partial charge >= 0.3 is 0 Å². The fourth-order valence-electron chi connectivity index (χ4n) is 2.54. The van der Waals surface area contributed by atoms with Crippen molar-refractivity contribution in [2.75, 3.05) is 5.32 Å². The van der Waals surface area contributed by atoms with Gasteiger partial charge < -0.3 is 5.73 Å². The molecule has 3 aromatic rings. The topological polar surface area (TPSA) is 111 Å².